The Labute approximate surface area is 113 Å². The van der Waals surface area contributed by atoms with Crippen LogP contribution in [0.5, 0.6) is 0 Å². The maximum Gasteiger partial charge on any atom is 0.123 e. The van der Waals surface area contributed by atoms with E-state index in [0.717, 1.165) is 30.0 Å². The molecule has 1 aliphatic rings. The van der Waals surface area contributed by atoms with Gasteiger partial charge in [0.15, 0.2) is 0 Å². The monoisotopic (exact) mass is 287 g/mol. The number of hydrogen-bond acceptors (Lipinski definition) is 3. The Morgan fingerprint density at radius 2 is 2.29 bits per heavy atom. The highest BCUT2D eigenvalue weighted by molar-refractivity contribution is 7.20. The van der Waals surface area contributed by atoms with Gasteiger partial charge in [0, 0.05) is 5.56 Å². The van der Waals surface area contributed by atoms with Crippen LogP contribution in [-0.2, 0) is 0 Å². The van der Waals surface area contributed by atoms with Crippen molar-refractivity contribution in [3.05, 3.63) is 26.8 Å². The Balaban J connectivity index is 1.91. The number of aromatic amines is 1. The minimum atomic E-state index is 0.344. The molecule has 6 heteroatoms. The van der Waals surface area contributed by atoms with E-state index in [4.69, 9.17) is 23.2 Å². The van der Waals surface area contributed by atoms with Gasteiger partial charge in [-0.2, -0.15) is 0 Å². The first-order chi connectivity index (χ1) is 8.24. The highest BCUT2D eigenvalue weighted by Crippen LogP contribution is 2.37. The van der Waals surface area contributed by atoms with Crippen molar-refractivity contribution in [2.75, 3.05) is 6.54 Å². The van der Waals surface area contributed by atoms with Crippen LogP contribution >= 0.6 is 34.5 Å². The minimum absolute atomic E-state index is 0.344. The molecule has 1 saturated heterocycles. The van der Waals surface area contributed by atoms with E-state index in [1.165, 1.54) is 17.8 Å². The summed E-state index contributed by atoms with van der Waals surface area (Å²) in [6.45, 7) is 1.06. The molecular formula is C11H11Cl2N3S. The molecule has 2 aromatic heterocycles. The van der Waals surface area contributed by atoms with E-state index in [1.54, 1.807) is 0 Å². The summed E-state index contributed by atoms with van der Waals surface area (Å²) in [6, 6.07) is 2.21. The van der Waals surface area contributed by atoms with Gasteiger partial charge in [0.05, 0.1) is 22.3 Å². The highest BCUT2D eigenvalue weighted by Gasteiger charge is 2.20. The lowest BCUT2D eigenvalue weighted by molar-refractivity contribution is 0.613. The molecule has 1 unspecified atom stereocenters. The van der Waals surface area contributed by atoms with Crippen molar-refractivity contribution in [1.82, 2.24) is 15.3 Å². The number of aromatic nitrogens is 2. The molecule has 0 saturated carbocycles. The van der Waals surface area contributed by atoms with E-state index < -0.39 is 0 Å². The molecule has 90 valence electrons. The quantitative estimate of drug-likeness (QED) is 0.880. The van der Waals surface area contributed by atoms with Crippen molar-refractivity contribution in [3.8, 4) is 11.3 Å². The van der Waals surface area contributed by atoms with Gasteiger partial charge in [-0.1, -0.05) is 23.2 Å². The van der Waals surface area contributed by atoms with Crippen LogP contribution in [0.1, 0.15) is 24.7 Å². The van der Waals surface area contributed by atoms with Crippen LogP contribution in [0.25, 0.3) is 11.3 Å². The van der Waals surface area contributed by atoms with Crippen LogP contribution < -0.4 is 5.32 Å². The van der Waals surface area contributed by atoms with Crippen LogP contribution in [0.3, 0.4) is 0 Å². The third-order valence-electron chi connectivity index (χ3n) is 2.93. The first kappa shape index (κ1) is 11.5. The molecule has 3 rings (SSSR count). The third-order valence-corrected chi connectivity index (χ3v) is 4.42. The number of imidazole rings is 1. The fourth-order valence-corrected chi connectivity index (χ4v) is 3.58. The Morgan fingerprint density at radius 3 is 2.94 bits per heavy atom. The number of H-pyrrole nitrogens is 1. The van der Waals surface area contributed by atoms with Gasteiger partial charge >= 0.3 is 0 Å². The van der Waals surface area contributed by atoms with Crippen LogP contribution in [0.2, 0.25) is 8.67 Å². The van der Waals surface area contributed by atoms with Gasteiger partial charge in [0.25, 0.3) is 0 Å². The van der Waals surface area contributed by atoms with E-state index in [0.29, 0.717) is 14.7 Å². The largest absolute Gasteiger partial charge is 0.341 e. The van der Waals surface area contributed by atoms with Crippen molar-refractivity contribution in [2.45, 2.75) is 18.9 Å². The summed E-state index contributed by atoms with van der Waals surface area (Å²) >= 11 is 13.4. The molecule has 2 N–H and O–H groups in total. The lowest BCUT2D eigenvalue weighted by Gasteiger charge is -2.05. The number of nitrogens with one attached hydrogen (secondary N) is 2. The van der Waals surface area contributed by atoms with Crippen molar-refractivity contribution in [2.24, 2.45) is 0 Å². The number of nitrogens with zero attached hydrogens (tertiary/aromatic N) is 1. The average molecular weight is 288 g/mol. The summed E-state index contributed by atoms with van der Waals surface area (Å²) in [5.41, 5.74) is 1.86. The second-order valence-electron chi connectivity index (χ2n) is 4.07. The van der Waals surface area contributed by atoms with Gasteiger partial charge in [-0.3, -0.25) is 0 Å². The topological polar surface area (TPSA) is 40.7 Å². The highest BCUT2D eigenvalue weighted by atomic mass is 35.5. The van der Waals surface area contributed by atoms with E-state index in [-0.39, 0.29) is 0 Å². The number of thiophene rings is 1. The lowest BCUT2D eigenvalue weighted by Crippen LogP contribution is -2.14. The first-order valence-corrected chi connectivity index (χ1v) is 7.05. The molecule has 2 aromatic rings. The van der Waals surface area contributed by atoms with Crippen molar-refractivity contribution in [3.63, 3.8) is 0 Å². The molecule has 0 radical (unpaired) electrons. The van der Waals surface area contributed by atoms with Crippen LogP contribution in [0.15, 0.2) is 12.3 Å². The molecule has 1 fully saturated rings. The third kappa shape index (κ3) is 2.22. The molecular weight excluding hydrogens is 277 g/mol. The van der Waals surface area contributed by atoms with E-state index in [2.05, 4.69) is 15.3 Å². The Kier molecular flexibility index (Phi) is 3.13. The molecule has 0 bridgehead atoms. The van der Waals surface area contributed by atoms with E-state index >= 15 is 0 Å². The molecule has 3 heterocycles. The Bertz CT molecular complexity index is 529. The van der Waals surface area contributed by atoms with Gasteiger partial charge in [-0.25, -0.2) is 4.98 Å². The van der Waals surface area contributed by atoms with Crippen LogP contribution in [-0.4, -0.2) is 16.5 Å². The van der Waals surface area contributed by atoms with Gasteiger partial charge in [-0.15, -0.1) is 11.3 Å². The smallest absolute Gasteiger partial charge is 0.123 e. The van der Waals surface area contributed by atoms with Crippen molar-refractivity contribution >= 4 is 34.5 Å². The molecule has 3 nitrogen and oxygen atoms in total. The zero-order chi connectivity index (χ0) is 11.8. The van der Waals surface area contributed by atoms with Gasteiger partial charge in [0.1, 0.15) is 10.2 Å². The molecule has 17 heavy (non-hydrogen) atoms. The van der Waals surface area contributed by atoms with Gasteiger partial charge in [-0.05, 0) is 25.5 Å². The molecule has 1 atom stereocenters. The van der Waals surface area contributed by atoms with E-state index in [1.807, 2.05) is 12.3 Å². The van der Waals surface area contributed by atoms with Gasteiger partial charge in [0.2, 0.25) is 0 Å². The first-order valence-electron chi connectivity index (χ1n) is 5.47. The normalized spacial score (nSPS) is 20.0. The van der Waals surface area contributed by atoms with Gasteiger partial charge < -0.3 is 10.3 Å². The average Bonchev–Trinajstić information content (AvgIpc) is 2.97. The second-order valence-corrected chi connectivity index (χ2v) is 6.35. The fourth-order valence-electron chi connectivity index (χ4n) is 2.09. The zero-order valence-electron chi connectivity index (χ0n) is 8.96. The summed E-state index contributed by atoms with van der Waals surface area (Å²) in [7, 11) is 0. The lowest BCUT2D eigenvalue weighted by atomic mass is 10.2. The SMILES string of the molecule is Clc1cc(-c2cnc(C3CCCN3)[nH]2)c(Cl)s1. The molecule has 0 aromatic carbocycles. The van der Waals surface area contributed by atoms with E-state index in [9.17, 15) is 0 Å². The molecule has 0 amide bonds. The summed E-state index contributed by atoms with van der Waals surface area (Å²) in [5.74, 6) is 0.982. The predicted molar refractivity (Wildman–Crippen MR) is 71.9 cm³/mol. The van der Waals surface area contributed by atoms with Crippen LogP contribution in [0.4, 0.5) is 0 Å². The zero-order valence-corrected chi connectivity index (χ0v) is 11.3. The minimum Gasteiger partial charge on any atom is -0.341 e. The summed E-state index contributed by atoms with van der Waals surface area (Å²) in [4.78, 5) is 7.73. The number of hydrogen-bond donors (Lipinski definition) is 2. The maximum absolute atomic E-state index is 6.12. The summed E-state index contributed by atoms with van der Waals surface area (Å²) in [6.07, 6.45) is 4.15. The predicted octanol–water partition coefficient (Wildman–Crippen LogP) is 3.87. The van der Waals surface area contributed by atoms with Crippen molar-refractivity contribution < 1.29 is 0 Å². The van der Waals surface area contributed by atoms with Crippen molar-refractivity contribution in [1.29, 1.82) is 0 Å². The molecule has 1 aliphatic heterocycles. The Morgan fingerprint density at radius 1 is 1.41 bits per heavy atom. The molecule has 0 aliphatic carbocycles. The fraction of sp³-hybridized carbons (Fsp3) is 0.364. The number of rotatable bonds is 2. The maximum atomic E-state index is 6.12. The summed E-state index contributed by atoms with van der Waals surface area (Å²) < 4.78 is 1.39. The number of halogens is 2. The Hall–Kier alpha value is -0.550. The second kappa shape index (κ2) is 4.61. The van der Waals surface area contributed by atoms with Crippen LogP contribution in [0, 0.1) is 0 Å². The summed E-state index contributed by atoms with van der Waals surface area (Å²) in [5, 5.41) is 3.41. The standard InChI is InChI=1S/C11H11Cl2N3S/c12-9-4-6(10(13)17-9)8-5-15-11(16-8)7-2-1-3-14-7/h4-5,7,14H,1-3H2,(H,15,16). The molecule has 0 spiro atoms.